The van der Waals surface area contributed by atoms with Crippen LogP contribution in [-0.2, 0) is 16.0 Å². The van der Waals surface area contributed by atoms with E-state index < -0.39 is 25.3 Å². The molecule has 1 aromatic heterocycles. The van der Waals surface area contributed by atoms with Gasteiger partial charge in [-0.2, -0.15) is 13.2 Å². The number of hydrogen-bond acceptors (Lipinski definition) is 5. The molecule has 18 heavy (non-hydrogen) atoms. The Kier molecular flexibility index (Phi) is 5.48. The number of alkyl halides is 3. The van der Waals surface area contributed by atoms with Crippen molar-refractivity contribution in [3.8, 4) is 0 Å². The van der Waals surface area contributed by atoms with Gasteiger partial charge in [0.2, 0.25) is 5.13 Å². The molecule has 0 aromatic carbocycles. The molecule has 1 amide bonds. The summed E-state index contributed by atoms with van der Waals surface area (Å²) in [4.78, 5) is 11.2. The number of aryl methyl sites for hydroxylation is 1. The van der Waals surface area contributed by atoms with Crippen molar-refractivity contribution >= 4 is 22.4 Å². The fraction of sp³-hybridized carbons (Fsp3) is 0.667. The van der Waals surface area contributed by atoms with Crippen LogP contribution >= 0.6 is 11.3 Å². The van der Waals surface area contributed by atoms with Crippen LogP contribution in [0.1, 0.15) is 18.4 Å². The van der Waals surface area contributed by atoms with Crippen molar-refractivity contribution in [3.63, 3.8) is 0 Å². The Bertz CT molecular complexity index is 395. The van der Waals surface area contributed by atoms with Gasteiger partial charge in [0.05, 0.1) is 0 Å². The second-order valence-electron chi connectivity index (χ2n) is 3.41. The number of rotatable bonds is 6. The Morgan fingerprint density at radius 1 is 1.44 bits per heavy atom. The highest BCUT2D eigenvalue weighted by Crippen LogP contribution is 2.17. The molecule has 0 fully saturated rings. The highest BCUT2D eigenvalue weighted by Gasteiger charge is 2.27. The highest BCUT2D eigenvalue weighted by atomic mass is 32.1. The molecule has 1 heterocycles. The van der Waals surface area contributed by atoms with Gasteiger partial charge in [-0.15, -0.1) is 10.2 Å². The quantitative estimate of drug-likeness (QED) is 0.867. The van der Waals surface area contributed by atoms with Crippen LogP contribution in [0.4, 0.5) is 18.3 Å². The second-order valence-corrected chi connectivity index (χ2v) is 4.47. The van der Waals surface area contributed by atoms with Crippen molar-refractivity contribution < 1.29 is 22.7 Å². The highest BCUT2D eigenvalue weighted by molar-refractivity contribution is 7.15. The summed E-state index contributed by atoms with van der Waals surface area (Å²) < 4.78 is 39.4. The molecule has 0 unspecified atom stereocenters. The largest absolute Gasteiger partial charge is 0.411 e. The first kappa shape index (κ1) is 14.8. The minimum atomic E-state index is -4.43. The van der Waals surface area contributed by atoms with Crippen LogP contribution in [0.5, 0.6) is 0 Å². The Balaban J connectivity index is 2.31. The number of hydrogen-bond donors (Lipinski definition) is 1. The molecule has 0 spiro atoms. The topological polar surface area (TPSA) is 64.1 Å². The Morgan fingerprint density at radius 2 is 2.17 bits per heavy atom. The van der Waals surface area contributed by atoms with Gasteiger partial charge in [-0.25, -0.2) is 0 Å². The van der Waals surface area contributed by atoms with Crippen LogP contribution in [-0.4, -0.2) is 35.5 Å². The molecule has 0 bridgehead atoms. The summed E-state index contributed by atoms with van der Waals surface area (Å²) in [5, 5.41) is 10.9. The lowest BCUT2D eigenvalue weighted by Crippen LogP contribution is -2.23. The summed E-state index contributed by atoms with van der Waals surface area (Å²) in [6, 6.07) is 0. The first-order valence-corrected chi connectivity index (χ1v) is 5.99. The van der Waals surface area contributed by atoms with Crippen molar-refractivity contribution in [3.05, 3.63) is 5.01 Å². The average Bonchev–Trinajstić information content (AvgIpc) is 2.64. The standard InChI is InChI=1S/C9H12F3N3O2S/c1-2-3-7-14-15-8(18-7)13-6(16)4-17-5-9(10,11)12/h2-5H2,1H3,(H,13,15,16). The molecular weight excluding hydrogens is 271 g/mol. The van der Waals surface area contributed by atoms with Gasteiger partial charge in [0.15, 0.2) is 0 Å². The maximum absolute atomic E-state index is 11.7. The molecule has 1 aromatic rings. The molecule has 5 nitrogen and oxygen atoms in total. The molecule has 0 aliphatic rings. The molecule has 0 aliphatic carbocycles. The number of ether oxygens (including phenoxy) is 1. The predicted molar refractivity (Wildman–Crippen MR) is 59.4 cm³/mol. The molecule has 9 heteroatoms. The van der Waals surface area contributed by atoms with Crippen LogP contribution in [0.15, 0.2) is 0 Å². The number of anilines is 1. The van der Waals surface area contributed by atoms with Gasteiger partial charge in [-0.3, -0.25) is 10.1 Å². The third-order valence-electron chi connectivity index (χ3n) is 1.68. The van der Waals surface area contributed by atoms with E-state index >= 15 is 0 Å². The van der Waals surface area contributed by atoms with Crippen molar-refractivity contribution in [2.24, 2.45) is 0 Å². The van der Waals surface area contributed by atoms with Crippen LogP contribution in [0.2, 0.25) is 0 Å². The lowest BCUT2D eigenvalue weighted by atomic mass is 10.4. The lowest BCUT2D eigenvalue weighted by Gasteiger charge is -2.06. The Hall–Kier alpha value is -1.22. The summed E-state index contributed by atoms with van der Waals surface area (Å²) in [6.07, 6.45) is -2.79. The Morgan fingerprint density at radius 3 is 2.78 bits per heavy atom. The maximum atomic E-state index is 11.7. The third-order valence-corrected chi connectivity index (χ3v) is 2.57. The van der Waals surface area contributed by atoms with Crippen molar-refractivity contribution in [2.45, 2.75) is 25.9 Å². The van der Waals surface area contributed by atoms with Crippen LogP contribution in [0.3, 0.4) is 0 Å². The zero-order chi connectivity index (χ0) is 13.6. The number of carbonyl (C=O) groups excluding carboxylic acids is 1. The first-order valence-electron chi connectivity index (χ1n) is 5.17. The maximum Gasteiger partial charge on any atom is 0.411 e. The number of amides is 1. The van der Waals surface area contributed by atoms with E-state index in [1.165, 1.54) is 11.3 Å². The van der Waals surface area contributed by atoms with Gasteiger partial charge in [0, 0.05) is 6.42 Å². The molecule has 0 aliphatic heterocycles. The zero-order valence-corrected chi connectivity index (χ0v) is 10.4. The van der Waals surface area contributed by atoms with E-state index in [2.05, 4.69) is 20.3 Å². The second kappa shape index (κ2) is 6.64. The summed E-state index contributed by atoms with van der Waals surface area (Å²) in [5.41, 5.74) is 0. The molecule has 0 atom stereocenters. The average molecular weight is 283 g/mol. The normalized spacial score (nSPS) is 11.6. The third kappa shape index (κ3) is 5.92. The van der Waals surface area contributed by atoms with Crippen molar-refractivity contribution in [1.29, 1.82) is 0 Å². The van der Waals surface area contributed by atoms with Gasteiger partial charge >= 0.3 is 6.18 Å². The SMILES string of the molecule is CCCc1nnc(NC(=O)COCC(F)(F)F)s1. The van der Waals surface area contributed by atoms with Crippen molar-refractivity contribution in [1.82, 2.24) is 10.2 Å². The summed E-state index contributed by atoms with van der Waals surface area (Å²) in [6.45, 7) is -0.134. The van der Waals surface area contributed by atoms with E-state index in [0.717, 1.165) is 17.8 Å². The van der Waals surface area contributed by atoms with Crippen LogP contribution < -0.4 is 5.32 Å². The summed E-state index contributed by atoms with van der Waals surface area (Å²) in [7, 11) is 0. The summed E-state index contributed by atoms with van der Waals surface area (Å²) >= 11 is 1.19. The summed E-state index contributed by atoms with van der Waals surface area (Å²) in [5.74, 6) is -0.682. The van der Waals surface area contributed by atoms with E-state index in [4.69, 9.17) is 0 Å². The molecule has 0 saturated heterocycles. The van der Waals surface area contributed by atoms with E-state index in [9.17, 15) is 18.0 Å². The molecule has 0 saturated carbocycles. The molecular formula is C9H12F3N3O2S. The van der Waals surface area contributed by atoms with Gasteiger partial charge < -0.3 is 4.74 Å². The fourth-order valence-electron chi connectivity index (χ4n) is 1.03. The lowest BCUT2D eigenvalue weighted by molar-refractivity contribution is -0.174. The fourth-order valence-corrected chi connectivity index (χ4v) is 1.89. The molecule has 1 N–H and O–H groups in total. The van der Waals surface area contributed by atoms with Gasteiger partial charge in [0.1, 0.15) is 18.2 Å². The zero-order valence-electron chi connectivity index (χ0n) is 9.58. The molecule has 1 rings (SSSR count). The smallest absolute Gasteiger partial charge is 0.362 e. The number of halogens is 3. The van der Waals surface area contributed by atoms with Gasteiger partial charge in [0.25, 0.3) is 5.91 Å². The van der Waals surface area contributed by atoms with Gasteiger partial charge in [-0.05, 0) is 6.42 Å². The van der Waals surface area contributed by atoms with Crippen molar-refractivity contribution in [2.75, 3.05) is 18.5 Å². The Labute approximate surface area is 105 Å². The van der Waals surface area contributed by atoms with E-state index in [0.29, 0.717) is 0 Å². The number of nitrogens with zero attached hydrogens (tertiary/aromatic N) is 2. The van der Waals surface area contributed by atoms with E-state index in [-0.39, 0.29) is 5.13 Å². The minimum absolute atomic E-state index is 0.263. The first-order chi connectivity index (χ1) is 8.40. The number of aromatic nitrogens is 2. The number of carbonyl (C=O) groups is 1. The van der Waals surface area contributed by atoms with E-state index in [1.807, 2.05) is 6.92 Å². The van der Waals surface area contributed by atoms with Gasteiger partial charge in [-0.1, -0.05) is 18.3 Å². The van der Waals surface area contributed by atoms with Crippen LogP contribution in [0.25, 0.3) is 0 Å². The van der Waals surface area contributed by atoms with Crippen LogP contribution in [0, 0.1) is 0 Å². The predicted octanol–water partition coefficient (Wildman–Crippen LogP) is 2.01. The molecule has 102 valence electrons. The minimum Gasteiger partial charge on any atom is -0.362 e. The number of nitrogens with one attached hydrogen (secondary N) is 1. The monoisotopic (exact) mass is 283 g/mol. The van der Waals surface area contributed by atoms with E-state index in [1.54, 1.807) is 0 Å². The molecule has 0 radical (unpaired) electrons.